The van der Waals surface area contributed by atoms with E-state index in [0.29, 0.717) is 5.96 Å². The zero-order chi connectivity index (χ0) is 16.7. The van der Waals surface area contributed by atoms with E-state index in [4.69, 9.17) is 5.73 Å². The quantitative estimate of drug-likeness (QED) is 0.541. The highest BCUT2D eigenvalue weighted by Gasteiger charge is 2.30. The highest BCUT2D eigenvalue weighted by atomic mass is 16.1. The van der Waals surface area contributed by atoms with Gasteiger partial charge < -0.3 is 11.1 Å². The Kier molecular flexibility index (Phi) is 3.19. The lowest BCUT2D eigenvalue weighted by Gasteiger charge is -2.18. The molecule has 0 spiro atoms. The average Bonchev–Trinajstić information content (AvgIpc) is 2.92. The van der Waals surface area contributed by atoms with Crippen molar-refractivity contribution in [2.45, 2.75) is 13.1 Å². The van der Waals surface area contributed by atoms with Crippen LogP contribution in [0.3, 0.4) is 0 Å². The molecule has 3 aromatic rings. The third-order valence-corrected chi connectivity index (χ3v) is 3.94. The Bertz CT molecular complexity index is 957. The largest absolute Gasteiger partial charge is 0.365 e. The number of aliphatic imine (C=N–C) groups is 1. The normalized spacial score (nSPS) is 16.2. The Morgan fingerprint density at radius 3 is 2.71 bits per heavy atom. The number of benzene rings is 2. The van der Waals surface area contributed by atoms with Crippen molar-refractivity contribution in [1.82, 2.24) is 4.98 Å². The number of imidazole rings is 1. The van der Waals surface area contributed by atoms with E-state index in [-0.39, 0.29) is 12.1 Å². The minimum absolute atomic E-state index is 0.0971. The fourth-order valence-electron chi connectivity index (χ4n) is 2.95. The molecule has 7 heteroatoms. The van der Waals surface area contributed by atoms with Crippen LogP contribution in [0.15, 0.2) is 53.5 Å². The predicted octanol–water partition coefficient (Wildman–Crippen LogP) is 1.70. The molecule has 1 aliphatic heterocycles. The van der Waals surface area contributed by atoms with Crippen LogP contribution in [0.25, 0.3) is 11.0 Å². The second-order valence-corrected chi connectivity index (χ2v) is 5.68. The number of carbonyl (C=O) groups is 1. The van der Waals surface area contributed by atoms with Gasteiger partial charge in [0.25, 0.3) is 5.96 Å². The van der Waals surface area contributed by atoms with Gasteiger partial charge in [-0.15, -0.1) is 0 Å². The minimum Gasteiger partial charge on any atom is -0.357 e. The van der Waals surface area contributed by atoms with E-state index < -0.39 is 0 Å². The maximum atomic E-state index is 11.2. The van der Waals surface area contributed by atoms with Crippen molar-refractivity contribution >= 4 is 34.5 Å². The summed E-state index contributed by atoms with van der Waals surface area (Å²) in [6.07, 6.45) is -0.274. The molecule has 1 aliphatic rings. The molecule has 120 valence electrons. The van der Waals surface area contributed by atoms with E-state index in [1.807, 2.05) is 48.5 Å². The summed E-state index contributed by atoms with van der Waals surface area (Å²) in [7, 11) is 0. The molecular formula is C17H17N6O+. The Morgan fingerprint density at radius 1 is 1.21 bits per heavy atom. The van der Waals surface area contributed by atoms with Gasteiger partial charge in [0.15, 0.2) is 0 Å². The third kappa shape index (κ3) is 2.36. The molecule has 0 saturated heterocycles. The minimum atomic E-state index is -0.274. The molecule has 0 radical (unpaired) electrons. The number of H-pyrrole nitrogens is 1. The van der Waals surface area contributed by atoms with Gasteiger partial charge in [0.1, 0.15) is 11.0 Å². The van der Waals surface area contributed by atoms with Crippen molar-refractivity contribution in [3.8, 4) is 0 Å². The lowest BCUT2D eigenvalue weighted by molar-refractivity contribution is -0.674. The number of nitrogens with zero attached hydrogens (tertiary/aromatic N) is 2. The zero-order valence-corrected chi connectivity index (χ0v) is 13.1. The van der Waals surface area contributed by atoms with Crippen molar-refractivity contribution in [3.63, 3.8) is 0 Å². The number of hydrogen-bond acceptors (Lipinski definition) is 4. The van der Waals surface area contributed by atoms with E-state index in [1.165, 1.54) is 6.92 Å². The fourth-order valence-corrected chi connectivity index (χ4v) is 2.95. The number of aromatic amines is 1. The van der Waals surface area contributed by atoms with Crippen molar-refractivity contribution in [2.24, 2.45) is 10.7 Å². The second kappa shape index (κ2) is 5.38. The van der Waals surface area contributed by atoms with Crippen molar-refractivity contribution in [1.29, 1.82) is 0 Å². The summed E-state index contributed by atoms with van der Waals surface area (Å²) in [5, 5.41) is 5.83. The highest BCUT2D eigenvalue weighted by Crippen LogP contribution is 2.24. The zero-order valence-electron chi connectivity index (χ0n) is 13.1. The van der Waals surface area contributed by atoms with Crippen LogP contribution in [-0.2, 0) is 4.79 Å². The number of rotatable bonds is 2. The molecule has 1 atom stereocenters. The van der Waals surface area contributed by atoms with E-state index >= 15 is 0 Å². The lowest BCUT2D eigenvalue weighted by atomic mass is 10.1. The summed E-state index contributed by atoms with van der Waals surface area (Å²) in [5.74, 6) is 1.05. The Balaban J connectivity index is 1.80. The molecular weight excluding hydrogens is 304 g/mol. The van der Waals surface area contributed by atoms with Gasteiger partial charge in [-0.05, 0) is 24.3 Å². The second-order valence-electron chi connectivity index (χ2n) is 5.68. The summed E-state index contributed by atoms with van der Waals surface area (Å²) in [6, 6.07) is 15.6. The summed E-state index contributed by atoms with van der Waals surface area (Å²) >= 11 is 0. The number of carbonyl (C=O) groups excluding carboxylic acids is 1. The first-order chi connectivity index (χ1) is 11.6. The number of hydrogen-bond donors (Lipinski definition) is 4. The summed E-state index contributed by atoms with van der Waals surface area (Å²) in [4.78, 5) is 19.0. The molecule has 5 N–H and O–H groups in total. The number of fused-ring (bicyclic) bond motifs is 3. The smallest absolute Gasteiger partial charge is 0.357 e. The average molecular weight is 321 g/mol. The van der Waals surface area contributed by atoms with Gasteiger partial charge in [-0.2, -0.15) is 4.99 Å². The van der Waals surface area contributed by atoms with Crippen LogP contribution in [0.2, 0.25) is 0 Å². The Labute approximate surface area is 138 Å². The van der Waals surface area contributed by atoms with Crippen molar-refractivity contribution in [3.05, 3.63) is 54.1 Å². The number of amides is 1. The van der Waals surface area contributed by atoms with Gasteiger partial charge in [-0.25, -0.2) is 14.9 Å². The van der Waals surface area contributed by atoms with Crippen LogP contribution in [0.4, 0.5) is 11.6 Å². The molecule has 0 unspecified atom stereocenters. The number of anilines is 2. The molecule has 24 heavy (non-hydrogen) atoms. The topological polar surface area (TPSA) is 99.2 Å². The number of guanidine groups is 1. The molecule has 0 fully saturated rings. The maximum Gasteiger partial charge on any atom is 0.365 e. The maximum absolute atomic E-state index is 11.2. The molecule has 2 heterocycles. The van der Waals surface area contributed by atoms with Gasteiger partial charge in [0.2, 0.25) is 12.1 Å². The van der Waals surface area contributed by atoms with E-state index in [9.17, 15) is 4.79 Å². The van der Waals surface area contributed by atoms with E-state index in [2.05, 4.69) is 25.2 Å². The Hall–Kier alpha value is -3.35. The van der Waals surface area contributed by atoms with E-state index in [1.54, 1.807) is 0 Å². The predicted molar refractivity (Wildman–Crippen MR) is 92.6 cm³/mol. The third-order valence-electron chi connectivity index (χ3n) is 3.94. The van der Waals surface area contributed by atoms with Crippen molar-refractivity contribution in [2.75, 3.05) is 10.6 Å². The van der Waals surface area contributed by atoms with Crippen LogP contribution in [-0.4, -0.2) is 16.9 Å². The van der Waals surface area contributed by atoms with Crippen LogP contribution in [0.5, 0.6) is 0 Å². The first-order valence-corrected chi connectivity index (χ1v) is 7.62. The molecule has 0 saturated carbocycles. The van der Waals surface area contributed by atoms with Gasteiger partial charge in [0, 0.05) is 18.2 Å². The molecule has 1 amide bonds. The van der Waals surface area contributed by atoms with Crippen LogP contribution in [0, 0.1) is 0 Å². The molecule has 4 rings (SSSR count). The first kappa shape index (κ1) is 14.3. The molecule has 0 bridgehead atoms. The van der Waals surface area contributed by atoms with Gasteiger partial charge >= 0.3 is 5.95 Å². The van der Waals surface area contributed by atoms with Gasteiger partial charge in [0.05, 0.1) is 0 Å². The van der Waals surface area contributed by atoms with E-state index in [0.717, 1.165) is 28.2 Å². The number of aromatic nitrogens is 2. The molecule has 2 aromatic carbocycles. The summed E-state index contributed by atoms with van der Waals surface area (Å²) in [6.45, 7) is 1.49. The number of para-hydroxylation sites is 2. The van der Waals surface area contributed by atoms with Crippen LogP contribution < -0.4 is 20.9 Å². The monoisotopic (exact) mass is 321 g/mol. The lowest BCUT2D eigenvalue weighted by Crippen LogP contribution is -2.48. The highest BCUT2D eigenvalue weighted by molar-refractivity contribution is 5.92. The molecule has 0 aliphatic carbocycles. The standard InChI is InChI=1S/C17H16N6O/c1-10(24)19-12-8-6-11(7-9-12)15-21-16(18)22-17-20-13-4-2-3-5-14(13)23(15)17/h2-9,15H,1H3,(H4,18,19,20,21,22,24)/p+1/t15-/m1/s1. The summed E-state index contributed by atoms with van der Waals surface area (Å²) < 4.78 is 2.07. The number of nitrogens with one attached hydrogen (secondary N) is 3. The molecule has 1 aromatic heterocycles. The SMILES string of the molecule is CC(=O)Nc1ccc([C@@H]2N=C(N)Nc3[nH]c4ccccc4[n+]32)cc1. The van der Waals surface area contributed by atoms with Gasteiger partial charge in [-0.3, -0.25) is 4.79 Å². The molecule has 7 nitrogen and oxygen atoms in total. The summed E-state index contributed by atoms with van der Waals surface area (Å²) in [5.41, 5.74) is 9.71. The first-order valence-electron chi connectivity index (χ1n) is 7.62. The fraction of sp³-hybridized carbons (Fsp3) is 0.118. The van der Waals surface area contributed by atoms with Crippen LogP contribution >= 0.6 is 0 Å². The van der Waals surface area contributed by atoms with Gasteiger partial charge in [-0.1, -0.05) is 24.3 Å². The Morgan fingerprint density at radius 2 is 1.96 bits per heavy atom. The number of nitrogens with two attached hydrogens (primary N) is 1. The van der Waals surface area contributed by atoms with Crippen molar-refractivity contribution < 1.29 is 9.36 Å². The van der Waals surface area contributed by atoms with Crippen LogP contribution in [0.1, 0.15) is 18.7 Å².